The molecule has 0 fully saturated rings. The molecule has 6 heteroatoms. The molecule has 1 N–H and O–H groups in total. The van der Waals surface area contributed by atoms with Gasteiger partial charge in [-0.05, 0) is 88.0 Å². The first-order chi connectivity index (χ1) is 11.4. The molecule has 0 aliphatic rings. The van der Waals surface area contributed by atoms with Gasteiger partial charge in [0.05, 0.1) is 14.3 Å². The molecule has 0 atom stereocenters. The molecule has 2 rings (SSSR count). The number of anilines is 1. The van der Waals surface area contributed by atoms with Crippen molar-refractivity contribution in [2.75, 3.05) is 12.4 Å². The second-order valence-electron chi connectivity index (χ2n) is 5.01. The number of hydrogen-bond acceptors (Lipinski definition) is 3. The Morgan fingerprint density at radius 2 is 1.79 bits per heavy atom. The van der Waals surface area contributed by atoms with Gasteiger partial charge in [-0.2, -0.15) is 5.26 Å². The lowest BCUT2D eigenvalue weighted by Crippen LogP contribution is -2.13. The molecule has 0 radical (unpaired) electrons. The van der Waals surface area contributed by atoms with Crippen LogP contribution >= 0.6 is 45.2 Å². The summed E-state index contributed by atoms with van der Waals surface area (Å²) in [5.74, 6) is 0.359. The van der Waals surface area contributed by atoms with Gasteiger partial charge in [-0.25, -0.2) is 0 Å². The summed E-state index contributed by atoms with van der Waals surface area (Å²) in [6.45, 7) is 1.97. The Morgan fingerprint density at radius 3 is 2.29 bits per heavy atom. The minimum atomic E-state index is -0.429. The van der Waals surface area contributed by atoms with Crippen molar-refractivity contribution in [2.24, 2.45) is 0 Å². The maximum Gasteiger partial charge on any atom is 0.266 e. The van der Waals surface area contributed by atoms with Crippen molar-refractivity contribution in [3.63, 3.8) is 0 Å². The van der Waals surface area contributed by atoms with Crippen molar-refractivity contribution in [1.29, 1.82) is 5.26 Å². The topological polar surface area (TPSA) is 62.1 Å². The Balaban J connectivity index is 2.27. The summed E-state index contributed by atoms with van der Waals surface area (Å²) in [6.07, 6.45) is 1.58. The highest BCUT2D eigenvalue weighted by Crippen LogP contribution is 2.29. The molecule has 0 aromatic heterocycles. The van der Waals surface area contributed by atoms with E-state index in [9.17, 15) is 10.1 Å². The third-order valence-electron chi connectivity index (χ3n) is 3.21. The predicted molar refractivity (Wildman–Crippen MR) is 112 cm³/mol. The van der Waals surface area contributed by atoms with Crippen LogP contribution in [0.15, 0.2) is 42.0 Å². The number of carbonyl (C=O) groups is 1. The smallest absolute Gasteiger partial charge is 0.266 e. The van der Waals surface area contributed by atoms with E-state index in [-0.39, 0.29) is 5.57 Å². The zero-order valence-electron chi connectivity index (χ0n) is 13.1. The molecule has 1 amide bonds. The van der Waals surface area contributed by atoms with Gasteiger partial charge in [-0.15, -0.1) is 0 Å². The summed E-state index contributed by atoms with van der Waals surface area (Å²) < 4.78 is 7.16. The van der Waals surface area contributed by atoms with Crippen LogP contribution < -0.4 is 10.1 Å². The van der Waals surface area contributed by atoms with Gasteiger partial charge in [0.2, 0.25) is 0 Å². The van der Waals surface area contributed by atoms with Crippen LogP contribution in [0.5, 0.6) is 5.75 Å². The largest absolute Gasteiger partial charge is 0.495 e. The number of ether oxygens (including phenoxy) is 1. The highest BCUT2D eigenvalue weighted by Gasteiger charge is 2.12. The van der Waals surface area contributed by atoms with Crippen LogP contribution in [0.4, 0.5) is 5.69 Å². The van der Waals surface area contributed by atoms with Gasteiger partial charge in [0.25, 0.3) is 5.91 Å². The summed E-state index contributed by atoms with van der Waals surface area (Å²) in [4.78, 5) is 12.3. The Bertz CT molecular complexity index is 814. The Morgan fingerprint density at radius 1 is 1.21 bits per heavy atom. The molecule has 122 valence electrons. The Hall–Kier alpha value is -1.60. The molecular formula is C18H14I2N2O2. The number of hydrogen-bond donors (Lipinski definition) is 1. The second kappa shape index (κ2) is 8.48. The minimum absolute atomic E-state index is 0.0485. The molecule has 0 bridgehead atoms. The lowest BCUT2D eigenvalue weighted by molar-refractivity contribution is -0.112. The third kappa shape index (κ3) is 4.70. The first-order valence-corrected chi connectivity index (χ1v) is 9.13. The highest BCUT2D eigenvalue weighted by molar-refractivity contribution is 14.1. The molecule has 0 saturated heterocycles. The zero-order valence-corrected chi connectivity index (χ0v) is 17.4. The van der Waals surface area contributed by atoms with Gasteiger partial charge < -0.3 is 10.1 Å². The van der Waals surface area contributed by atoms with Crippen molar-refractivity contribution in [3.05, 3.63) is 60.2 Å². The molecule has 0 aliphatic carbocycles. The molecule has 0 spiro atoms. The van der Waals surface area contributed by atoms with Crippen LogP contribution in [0.25, 0.3) is 6.08 Å². The number of methoxy groups -OCH3 is 1. The van der Waals surface area contributed by atoms with Crippen molar-refractivity contribution in [2.45, 2.75) is 6.92 Å². The SMILES string of the molecule is COc1c(I)cc(/C=C(\C#N)C(=O)Nc2ccc(C)cc2)cc1I. The lowest BCUT2D eigenvalue weighted by atomic mass is 10.1. The molecule has 2 aromatic carbocycles. The van der Waals surface area contributed by atoms with Crippen molar-refractivity contribution in [1.82, 2.24) is 0 Å². The van der Waals surface area contributed by atoms with Gasteiger partial charge in [-0.1, -0.05) is 17.7 Å². The van der Waals surface area contributed by atoms with E-state index in [1.165, 1.54) is 0 Å². The van der Waals surface area contributed by atoms with Crippen molar-refractivity contribution < 1.29 is 9.53 Å². The first kappa shape index (κ1) is 18.7. The van der Waals surface area contributed by atoms with E-state index in [0.29, 0.717) is 5.69 Å². The van der Waals surface area contributed by atoms with Crippen LogP contribution in [-0.4, -0.2) is 13.0 Å². The number of amides is 1. The van der Waals surface area contributed by atoms with Crippen LogP contribution in [0.3, 0.4) is 0 Å². The number of halogens is 2. The number of nitrogens with zero attached hydrogens (tertiary/aromatic N) is 1. The summed E-state index contributed by atoms with van der Waals surface area (Å²) in [7, 11) is 1.62. The van der Waals surface area contributed by atoms with E-state index in [4.69, 9.17) is 4.74 Å². The summed E-state index contributed by atoms with van der Waals surface area (Å²) in [6, 6.07) is 13.1. The van der Waals surface area contributed by atoms with Gasteiger partial charge >= 0.3 is 0 Å². The van der Waals surface area contributed by atoms with E-state index in [2.05, 4.69) is 50.5 Å². The van der Waals surface area contributed by atoms with E-state index in [1.807, 2.05) is 49.4 Å². The molecule has 0 unspecified atom stereocenters. The zero-order chi connectivity index (χ0) is 17.7. The van der Waals surface area contributed by atoms with Gasteiger partial charge in [0.1, 0.15) is 17.4 Å². The molecule has 2 aromatic rings. The maximum absolute atomic E-state index is 12.3. The molecular weight excluding hydrogens is 530 g/mol. The third-order valence-corrected chi connectivity index (χ3v) is 4.81. The fourth-order valence-electron chi connectivity index (χ4n) is 2.01. The molecule has 24 heavy (non-hydrogen) atoms. The average molecular weight is 544 g/mol. The lowest BCUT2D eigenvalue weighted by Gasteiger charge is -2.08. The summed E-state index contributed by atoms with van der Waals surface area (Å²) in [5, 5.41) is 12.0. The fourth-order valence-corrected chi connectivity index (χ4v) is 4.27. The van der Waals surface area contributed by atoms with Crippen LogP contribution in [0, 0.1) is 25.4 Å². The minimum Gasteiger partial charge on any atom is -0.495 e. The normalized spacial score (nSPS) is 10.9. The molecule has 4 nitrogen and oxygen atoms in total. The van der Waals surface area contributed by atoms with E-state index < -0.39 is 5.91 Å². The standard InChI is InChI=1S/C18H14I2N2O2/c1-11-3-5-14(6-4-11)22-18(23)13(10-21)7-12-8-15(19)17(24-2)16(20)9-12/h3-9H,1-2H3,(H,22,23)/b13-7+. The first-order valence-electron chi connectivity index (χ1n) is 6.97. The number of nitrogens with one attached hydrogen (secondary N) is 1. The van der Waals surface area contributed by atoms with Crippen LogP contribution in [0.1, 0.15) is 11.1 Å². The van der Waals surface area contributed by atoms with Crippen LogP contribution in [-0.2, 0) is 4.79 Å². The van der Waals surface area contributed by atoms with Crippen molar-refractivity contribution in [3.8, 4) is 11.8 Å². The molecule has 0 aliphatic heterocycles. The highest BCUT2D eigenvalue weighted by atomic mass is 127. The number of nitriles is 1. The number of rotatable bonds is 4. The number of aryl methyl sites for hydroxylation is 1. The van der Waals surface area contributed by atoms with Gasteiger partial charge in [-0.3, -0.25) is 4.79 Å². The fraction of sp³-hybridized carbons (Fsp3) is 0.111. The molecule has 0 heterocycles. The van der Waals surface area contributed by atoms with Gasteiger partial charge in [0.15, 0.2) is 0 Å². The summed E-state index contributed by atoms with van der Waals surface area (Å²) in [5.41, 5.74) is 2.59. The molecule has 0 saturated carbocycles. The second-order valence-corrected chi connectivity index (χ2v) is 7.33. The van der Waals surface area contributed by atoms with Gasteiger partial charge in [0, 0.05) is 5.69 Å². The summed E-state index contributed by atoms with van der Waals surface area (Å²) >= 11 is 4.33. The van der Waals surface area contributed by atoms with E-state index in [0.717, 1.165) is 24.0 Å². The Kier molecular flexibility index (Phi) is 6.62. The Labute approximate surface area is 168 Å². The predicted octanol–water partition coefficient (Wildman–Crippen LogP) is 4.76. The number of benzene rings is 2. The average Bonchev–Trinajstić information content (AvgIpc) is 2.54. The maximum atomic E-state index is 12.3. The van der Waals surface area contributed by atoms with Crippen molar-refractivity contribution >= 4 is 62.9 Å². The van der Waals surface area contributed by atoms with Crippen LogP contribution in [0.2, 0.25) is 0 Å². The van der Waals surface area contributed by atoms with E-state index >= 15 is 0 Å². The quantitative estimate of drug-likeness (QED) is 0.344. The number of carbonyl (C=O) groups excluding carboxylic acids is 1. The monoisotopic (exact) mass is 544 g/mol. The van der Waals surface area contributed by atoms with E-state index in [1.54, 1.807) is 13.2 Å².